The number of hydrogen-bond acceptors (Lipinski definition) is 6. The third-order valence-electron chi connectivity index (χ3n) is 5.19. The van der Waals surface area contributed by atoms with Crippen LogP contribution in [0.3, 0.4) is 0 Å². The van der Waals surface area contributed by atoms with Gasteiger partial charge in [0.05, 0.1) is 17.9 Å². The molecule has 0 radical (unpaired) electrons. The number of carbonyl (C=O) groups is 1. The lowest BCUT2D eigenvalue weighted by Gasteiger charge is -2.37. The van der Waals surface area contributed by atoms with E-state index in [9.17, 15) is 4.79 Å². The highest BCUT2D eigenvalue weighted by Gasteiger charge is 2.34. The first-order valence-electron chi connectivity index (χ1n) is 10.4. The van der Waals surface area contributed by atoms with Crippen molar-refractivity contribution in [3.63, 3.8) is 0 Å². The fourth-order valence-corrected chi connectivity index (χ4v) is 3.78. The molecule has 32 heavy (non-hydrogen) atoms. The van der Waals surface area contributed by atoms with Gasteiger partial charge in [-0.25, -0.2) is 9.78 Å². The van der Waals surface area contributed by atoms with Gasteiger partial charge in [-0.15, -0.1) is 0 Å². The number of pyridine rings is 2. The van der Waals surface area contributed by atoms with Crippen molar-refractivity contribution in [2.45, 2.75) is 38.8 Å². The summed E-state index contributed by atoms with van der Waals surface area (Å²) in [5, 5.41) is 16.8. The van der Waals surface area contributed by atoms with Crippen LogP contribution < -0.4 is 20.7 Å². The number of nitrogens with zero attached hydrogens (tertiary/aromatic N) is 2. The summed E-state index contributed by atoms with van der Waals surface area (Å²) < 4.78 is 6.03. The van der Waals surface area contributed by atoms with Crippen molar-refractivity contribution in [2.24, 2.45) is 0 Å². The molecule has 1 atom stereocenters. The zero-order valence-electron chi connectivity index (χ0n) is 18.3. The van der Waals surface area contributed by atoms with Crippen LogP contribution in [0.4, 0.5) is 22.0 Å². The number of amides is 2. The fraction of sp³-hybridized carbons (Fsp3) is 0.250. The maximum absolute atomic E-state index is 12.7. The van der Waals surface area contributed by atoms with E-state index in [1.165, 1.54) is 6.21 Å². The monoisotopic (exact) mass is 430 g/mol. The Bertz CT molecular complexity index is 1160. The number of anilines is 3. The van der Waals surface area contributed by atoms with E-state index in [-0.39, 0.29) is 12.1 Å². The molecule has 0 fully saturated rings. The third-order valence-corrected chi connectivity index (χ3v) is 5.19. The van der Waals surface area contributed by atoms with Gasteiger partial charge in [0, 0.05) is 41.3 Å². The van der Waals surface area contributed by atoms with Gasteiger partial charge in [-0.2, -0.15) is 0 Å². The van der Waals surface area contributed by atoms with Crippen molar-refractivity contribution < 1.29 is 9.53 Å². The second-order valence-corrected chi connectivity index (χ2v) is 8.37. The molecule has 1 unspecified atom stereocenters. The number of hydrogen-bond donors (Lipinski definition) is 4. The second-order valence-electron chi connectivity index (χ2n) is 8.37. The van der Waals surface area contributed by atoms with Gasteiger partial charge in [0.25, 0.3) is 0 Å². The van der Waals surface area contributed by atoms with E-state index in [1.807, 2.05) is 57.2 Å². The predicted molar refractivity (Wildman–Crippen MR) is 125 cm³/mol. The van der Waals surface area contributed by atoms with Crippen molar-refractivity contribution in [3.05, 3.63) is 71.7 Å². The van der Waals surface area contributed by atoms with E-state index in [0.717, 1.165) is 22.7 Å². The summed E-state index contributed by atoms with van der Waals surface area (Å²) in [5.74, 6) is 1.14. The Kier molecular flexibility index (Phi) is 5.77. The molecular formula is C24H26N6O2. The van der Waals surface area contributed by atoms with Crippen LogP contribution in [0.25, 0.3) is 0 Å². The molecule has 8 nitrogen and oxygen atoms in total. The molecule has 1 aromatic carbocycles. The smallest absolute Gasteiger partial charge is 0.320 e. The molecule has 8 heteroatoms. The lowest BCUT2D eigenvalue weighted by Crippen LogP contribution is -2.42. The van der Waals surface area contributed by atoms with Gasteiger partial charge in [-0.3, -0.25) is 10.3 Å². The number of nitrogens with one attached hydrogen (secondary N) is 4. The van der Waals surface area contributed by atoms with Crippen LogP contribution in [0, 0.1) is 12.3 Å². The van der Waals surface area contributed by atoms with Crippen molar-refractivity contribution >= 4 is 29.4 Å². The topological polar surface area (TPSA) is 112 Å². The molecule has 0 aliphatic carbocycles. The quantitative estimate of drug-likeness (QED) is 0.428. The van der Waals surface area contributed by atoms with E-state index in [4.69, 9.17) is 10.1 Å². The van der Waals surface area contributed by atoms with Crippen LogP contribution in [-0.4, -0.2) is 27.8 Å². The molecule has 3 heterocycles. The van der Waals surface area contributed by atoms with E-state index in [1.54, 1.807) is 18.5 Å². The number of aromatic nitrogens is 2. The lowest BCUT2D eigenvalue weighted by atomic mass is 9.90. The largest absolute Gasteiger partial charge is 0.487 e. The molecule has 1 aliphatic heterocycles. The SMILES string of the molecule is Cc1cc(Nc2cnc(NC(=O)NC3CC(C)(C)Oc4ccccc43)cc2C=N)ccn1. The molecular weight excluding hydrogens is 404 g/mol. The molecule has 3 aromatic rings. The summed E-state index contributed by atoms with van der Waals surface area (Å²) in [7, 11) is 0. The molecule has 0 saturated heterocycles. The average molecular weight is 431 g/mol. The number of ether oxygens (including phenoxy) is 1. The molecule has 164 valence electrons. The molecule has 2 amide bonds. The normalized spacial score (nSPS) is 16.3. The van der Waals surface area contributed by atoms with E-state index < -0.39 is 5.60 Å². The third kappa shape index (κ3) is 4.85. The summed E-state index contributed by atoms with van der Waals surface area (Å²) in [4.78, 5) is 21.2. The Morgan fingerprint density at radius 1 is 1.22 bits per heavy atom. The minimum atomic E-state index is -0.392. The Morgan fingerprint density at radius 2 is 2.03 bits per heavy atom. The van der Waals surface area contributed by atoms with Crippen molar-refractivity contribution in [3.8, 4) is 5.75 Å². The first-order valence-corrected chi connectivity index (χ1v) is 10.4. The number of fused-ring (bicyclic) bond motifs is 1. The van der Waals surface area contributed by atoms with Crippen LogP contribution in [0.5, 0.6) is 5.75 Å². The van der Waals surface area contributed by atoms with Crippen LogP contribution in [0.15, 0.2) is 54.9 Å². The van der Waals surface area contributed by atoms with Crippen LogP contribution in [0.1, 0.15) is 43.1 Å². The molecule has 0 bridgehead atoms. The standard InChI is InChI=1S/C24H26N6O2/c1-15-10-17(8-9-26-15)28-20-14-27-22(11-16(20)13-25)30-23(31)29-19-12-24(2,3)32-21-7-5-4-6-18(19)21/h4-11,13-14,19,25H,12H2,1-3H3,(H,26,28)(H2,27,29,30,31). The van der Waals surface area contributed by atoms with E-state index >= 15 is 0 Å². The summed E-state index contributed by atoms with van der Waals surface area (Å²) in [6.45, 7) is 5.91. The maximum atomic E-state index is 12.7. The highest BCUT2D eigenvalue weighted by atomic mass is 16.5. The van der Waals surface area contributed by atoms with Crippen LogP contribution in [-0.2, 0) is 0 Å². The van der Waals surface area contributed by atoms with Gasteiger partial charge in [-0.1, -0.05) is 18.2 Å². The zero-order valence-corrected chi connectivity index (χ0v) is 18.3. The molecule has 0 saturated carbocycles. The summed E-state index contributed by atoms with van der Waals surface area (Å²) in [6.07, 6.45) is 5.17. The van der Waals surface area contributed by atoms with Gasteiger partial charge >= 0.3 is 6.03 Å². The Hall–Kier alpha value is -3.94. The van der Waals surface area contributed by atoms with E-state index in [0.29, 0.717) is 23.5 Å². The van der Waals surface area contributed by atoms with Crippen molar-refractivity contribution in [2.75, 3.05) is 10.6 Å². The zero-order chi connectivity index (χ0) is 22.7. The van der Waals surface area contributed by atoms with Crippen molar-refractivity contribution in [1.82, 2.24) is 15.3 Å². The minimum Gasteiger partial charge on any atom is -0.487 e. The minimum absolute atomic E-state index is 0.187. The molecule has 4 N–H and O–H groups in total. The Balaban J connectivity index is 1.47. The Labute approximate surface area is 187 Å². The van der Waals surface area contributed by atoms with Crippen LogP contribution in [0.2, 0.25) is 0 Å². The fourth-order valence-electron chi connectivity index (χ4n) is 3.78. The first-order chi connectivity index (χ1) is 15.3. The first kappa shape index (κ1) is 21.3. The number of aryl methyl sites for hydroxylation is 1. The number of rotatable bonds is 5. The highest BCUT2D eigenvalue weighted by Crippen LogP contribution is 2.39. The maximum Gasteiger partial charge on any atom is 0.320 e. The average Bonchev–Trinajstić information content (AvgIpc) is 2.74. The molecule has 1 aliphatic rings. The van der Waals surface area contributed by atoms with Gasteiger partial charge in [0.2, 0.25) is 0 Å². The van der Waals surface area contributed by atoms with Crippen LogP contribution >= 0.6 is 0 Å². The van der Waals surface area contributed by atoms with Gasteiger partial charge in [-0.05, 0) is 45.0 Å². The predicted octanol–water partition coefficient (Wildman–Crippen LogP) is 4.95. The number of para-hydroxylation sites is 1. The number of urea groups is 1. The van der Waals surface area contributed by atoms with Crippen molar-refractivity contribution in [1.29, 1.82) is 5.41 Å². The summed E-state index contributed by atoms with van der Waals surface area (Å²) >= 11 is 0. The highest BCUT2D eigenvalue weighted by molar-refractivity contribution is 5.92. The second kappa shape index (κ2) is 8.66. The van der Waals surface area contributed by atoms with Gasteiger partial charge < -0.3 is 20.8 Å². The summed E-state index contributed by atoms with van der Waals surface area (Å²) in [5.41, 5.74) is 3.55. The molecule has 2 aromatic heterocycles. The summed E-state index contributed by atoms with van der Waals surface area (Å²) in [6, 6.07) is 12.6. The number of carbonyl (C=O) groups excluding carboxylic acids is 1. The van der Waals surface area contributed by atoms with E-state index in [2.05, 4.69) is 25.9 Å². The lowest BCUT2D eigenvalue weighted by molar-refractivity contribution is 0.0683. The van der Waals surface area contributed by atoms with Gasteiger partial charge in [0.15, 0.2) is 0 Å². The number of benzene rings is 1. The Morgan fingerprint density at radius 3 is 2.81 bits per heavy atom. The van der Waals surface area contributed by atoms with Gasteiger partial charge in [0.1, 0.15) is 17.2 Å². The molecule has 0 spiro atoms. The molecule has 4 rings (SSSR count).